The van der Waals surface area contributed by atoms with Gasteiger partial charge in [0.15, 0.2) is 0 Å². The monoisotopic (exact) mass is 259 g/mol. The second-order valence-electron chi connectivity index (χ2n) is 4.29. The number of nitrogens with two attached hydrogens (primary N) is 1. The topological polar surface area (TPSA) is 35.2 Å². The zero-order valence-corrected chi connectivity index (χ0v) is 11.7. The van der Waals surface area contributed by atoms with Crippen LogP contribution in [0.2, 0.25) is 0 Å². The van der Waals surface area contributed by atoms with E-state index in [2.05, 4.69) is 32.0 Å². The second-order valence-corrected chi connectivity index (χ2v) is 5.44. The van der Waals surface area contributed by atoms with E-state index >= 15 is 0 Å². The van der Waals surface area contributed by atoms with Crippen molar-refractivity contribution in [3.8, 4) is 5.75 Å². The minimum Gasteiger partial charge on any atom is -0.497 e. The number of aryl methyl sites for hydroxylation is 2. The van der Waals surface area contributed by atoms with Crippen LogP contribution in [0.25, 0.3) is 0 Å². The van der Waals surface area contributed by atoms with E-state index < -0.39 is 0 Å². The molecule has 0 spiro atoms. The first-order chi connectivity index (χ1) is 8.58. The lowest BCUT2D eigenvalue weighted by molar-refractivity contribution is 0.414. The first-order valence-electron chi connectivity index (χ1n) is 5.78. The summed E-state index contributed by atoms with van der Waals surface area (Å²) in [6, 6.07) is 12.2. The Morgan fingerprint density at radius 2 is 1.72 bits per heavy atom. The van der Waals surface area contributed by atoms with Crippen molar-refractivity contribution >= 4 is 17.4 Å². The molecule has 0 radical (unpaired) electrons. The van der Waals surface area contributed by atoms with Crippen LogP contribution in [0.3, 0.4) is 0 Å². The summed E-state index contributed by atoms with van der Waals surface area (Å²) in [5.74, 6) is 0.793. The molecule has 18 heavy (non-hydrogen) atoms. The molecule has 0 aliphatic rings. The molecule has 0 heterocycles. The third-order valence-electron chi connectivity index (χ3n) is 2.85. The number of methoxy groups -OCH3 is 1. The minimum absolute atomic E-state index is 0.723. The molecule has 2 rings (SSSR count). The van der Waals surface area contributed by atoms with Crippen molar-refractivity contribution in [1.82, 2.24) is 0 Å². The largest absolute Gasteiger partial charge is 0.497 e. The van der Waals surface area contributed by atoms with Gasteiger partial charge in [-0.1, -0.05) is 17.8 Å². The number of rotatable bonds is 3. The van der Waals surface area contributed by atoms with E-state index in [0.29, 0.717) is 0 Å². The fraction of sp³-hybridized carbons (Fsp3) is 0.200. The third-order valence-corrected chi connectivity index (χ3v) is 3.81. The second kappa shape index (κ2) is 5.36. The summed E-state index contributed by atoms with van der Waals surface area (Å²) in [6.07, 6.45) is 0. The van der Waals surface area contributed by atoms with Crippen molar-refractivity contribution in [3.05, 3.63) is 47.5 Å². The Morgan fingerprint density at radius 3 is 2.39 bits per heavy atom. The predicted molar refractivity (Wildman–Crippen MR) is 77.4 cm³/mol. The Morgan fingerprint density at radius 1 is 0.944 bits per heavy atom. The molecule has 0 aliphatic carbocycles. The van der Waals surface area contributed by atoms with Crippen LogP contribution in [0.4, 0.5) is 5.69 Å². The summed E-state index contributed by atoms with van der Waals surface area (Å²) in [5, 5.41) is 0. The van der Waals surface area contributed by atoms with Gasteiger partial charge in [-0.3, -0.25) is 0 Å². The predicted octanol–water partition coefficient (Wildman–Crippen LogP) is 4.05. The minimum atomic E-state index is 0.723. The summed E-state index contributed by atoms with van der Waals surface area (Å²) < 4.78 is 5.22. The Hall–Kier alpha value is -1.61. The Kier molecular flexibility index (Phi) is 3.82. The summed E-state index contributed by atoms with van der Waals surface area (Å²) in [5.41, 5.74) is 9.18. The van der Waals surface area contributed by atoms with Crippen LogP contribution in [-0.4, -0.2) is 7.11 Å². The highest BCUT2D eigenvalue weighted by Gasteiger charge is 2.03. The van der Waals surface area contributed by atoms with Gasteiger partial charge < -0.3 is 10.5 Å². The number of hydrogen-bond donors (Lipinski definition) is 1. The van der Waals surface area contributed by atoms with Crippen LogP contribution >= 0.6 is 11.8 Å². The molecule has 0 saturated heterocycles. The van der Waals surface area contributed by atoms with Gasteiger partial charge in [0.25, 0.3) is 0 Å². The zero-order valence-electron chi connectivity index (χ0n) is 10.9. The van der Waals surface area contributed by atoms with E-state index in [1.807, 2.05) is 18.2 Å². The molecule has 2 N–H and O–H groups in total. The molecule has 94 valence electrons. The van der Waals surface area contributed by atoms with Crippen LogP contribution in [-0.2, 0) is 0 Å². The van der Waals surface area contributed by atoms with Crippen LogP contribution in [0.1, 0.15) is 11.1 Å². The van der Waals surface area contributed by atoms with Crippen LogP contribution < -0.4 is 10.5 Å². The standard InChI is InChI=1S/C15H17NOS/c1-10-4-5-14(6-11(10)2)18-15-8-12(16)7-13(9-15)17-3/h4-9H,16H2,1-3H3. The van der Waals surface area contributed by atoms with Crippen LogP contribution in [0, 0.1) is 13.8 Å². The normalized spacial score (nSPS) is 10.4. The molecule has 2 aromatic carbocycles. The highest BCUT2D eigenvalue weighted by Crippen LogP contribution is 2.32. The van der Waals surface area contributed by atoms with E-state index in [4.69, 9.17) is 10.5 Å². The lowest BCUT2D eigenvalue weighted by Gasteiger charge is -2.08. The zero-order chi connectivity index (χ0) is 13.1. The number of nitrogen functional groups attached to an aromatic ring is 1. The smallest absolute Gasteiger partial charge is 0.122 e. The Balaban J connectivity index is 2.27. The molecule has 0 amide bonds. The van der Waals surface area contributed by atoms with Gasteiger partial charge in [-0.15, -0.1) is 0 Å². The molecule has 0 fully saturated rings. The van der Waals surface area contributed by atoms with Gasteiger partial charge in [0, 0.05) is 21.5 Å². The lowest BCUT2D eigenvalue weighted by atomic mass is 10.1. The van der Waals surface area contributed by atoms with Crippen molar-refractivity contribution in [2.24, 2.45) is 0 Å². The maximum absolute atomic E-state index is 5.85. The van der Waals surface area contributed by atoms with Crippen molar-refractivity contribution in [2.75, 3.05) is 12.8 Å². The fourth-order valence-corrected chi connectivity index (χ4v) is 2.70. The molecule has 0 aromatic heterocycles. The fourth-order valence-electron chi connectivity index (χ4n) is 1.68. The average Bonchev–Trinajstić information content (AvgIpc) is 2.33. The van der Waals surface area contributed by atoms with Gasteiger partial charge in [0.1, 0.15) is 5.75 Å². The number of hydrogen-bond acceptors (Lipinski definition) is 3. The number of anilines is 1. The van der Waals surface area contributed by atoms with Crippen molar-refractivity contribution in [1.29, 1.82) is 0 Å². The summed E-state index contributed by atoms with van der Waals surface area (Å²) in [6.45, 7) is 4.24. The molecule has 0 aliphatic heterocycles. The Bertz CT molecular complexity index is 566. The molecule has 0 saturated carbocycles. The van der Waals surface area contributed by atoms with Gasteiger partial charge in [0.2, 0.25) is 0 Å². The van der Waals surface area contributed by atoms with Gasteiger partial charge >= 0.3 is 0 Å². The molecular weight excluding hydrogens is 242 g/mol. The maximum atomic E-state index is 5.85. The van der Waals surface area contributed by atoms with Crippen molar-refractivity contribution in [2.45, 2.75) is 23.6 Å². The lowest BCUT2D eigenvalue weighted by Crippen LogP contribution is -1.89. The molecular formula is C15H17NOS. The molecule has 0 unspecified atom stereocenters. The van der Waals surface area contributed by atoms with Gasteiger partial charge in [-0.2, -0.15) is 0 Å². The summed E-state index contributed by atoms with van der Waals surface area (Å²) in [4.78, 5) is 2.31. The molecule has 0 bridgehead atoms. The van der Waals surface area contributed by atoms with E-state index in [-0.39, 0.29) is 0 Å². The highest BCUT2D eigenvalue weighted by atomic mass is 32.2. The molecule has 0 atom stereocenters. The van der Waals surface area contributed by atoms with E-state index in [1.54, 1.807) is 18.9 Å². The van der Waals surface area contributed by atoms with Gasteiger partial charge in [-0.05, 0) is 49.2 Å². The SMILES string of the molecule is COc1cc(N)cc(Sc2ccc(C)c(C)c2)c1. The first-order valence-corrected chi connectivity index (χ1v) is 6.60. The average molecular weight is 259 g/mol. The molecule has 3 heteroatoms. The van der Waals surface area contributed by atoms with Crippen LogP contribution in [0.5, 0.6) is 5.75 Å². The Labute approximate surface area is 112 Å². The molecule has 2 aromatic rings. The van der Waals surface area contributed by atoms with Gasteiger partial charge in [-0.25, -0.2) is 0 Å². The maximum Gasteiger partial charge on any atom is 0.122 e. The van der Waals surface area contributed by atoms with E-state index in [0.717, 1.165) is 16.3 Å². The van der Waals surface area contributed by atoms with E-state index in [1.165, 1.54) is 16.0 Å². The number of benzene rings is 2. The van der Waals surface area contributed by atoms with E-state index in [9.17, 15) is 0 Å². The van der Waals surface area contributed by atoms with Crippen molar-refractivity contribution < 1.29 is 4.74 Å². The number of ether oxygens (including phenoxy) is 1. The highest BCUT2D eigenvalue weighted by molar-refractivity contribution is 7.99. The summed E-state index contributed by atoms with van der Waals surface area (Å²) in [7, 11) is 1.65. The molecule has 2 nitrogen and oxygen atoms in total. The third kappa shape index (κ3) is 2.99. The van der Waals surface area contributed by atoms with Crippen LogP contribution in [0.15, 0.2) is 46.2 Å². The summed E-state index contributed by atoms with van der Waals surface area (Å²) >= 11 is 1.69. The van der Waals surface area contributed by atoms with Crippen molar-refractivity contribution in [3.63, 3.8) is 0 Å². The quantitative estimate of drug-likeness (QED) is 0.845. The first kappa shape index (κ1) is 12.8. The van der Waals surface area contributed by atoms with Gasteiger partial charge in [0.05, 0.1) is 7.11 Å².